The van der Waals surface area contributed by atoms with Crippen molar-refractivity contribution in [3.63, 3.8) is 0 Å². The Morgan fingerprint density at radius 3 is 2.52 bits per heavy atom. The highest BCUT2D eigenvalue weighted by molar-refractivity contribution is 6.74. The third-order valence-electron chi connectivity index (χ3n) is 7.20. The molecule has 2 aliphatic rings. The molecule has 6 nitrogen and oxygen atoms in total. The molecule has 0 spiro atoms. The highest BCUT2D eigenvalue weighted by Gasteiger charge is 2.44. The molecule has 0 radical (unpaired) electrons. The zero-order valence-electron chi connectivity index (χ0n) is 20.6. The van der Waals surface area contributed by atoms with Crippen LogP contribution in [0.1, 0.15) is 43.1 Å². The number of ether oxygens (including phenoxy) is 2. The first-order valence-corrected chi connectivity index (χ1v) is 14.6. The number of rotatable bonds is 6. The lowest BCUT2D eigenvalue weighted by Crippen LogP contribution is -2.44. The van der Waals surface area contributed by atoms with E-state index in [1.807, 2.05) is 41.3 Å². The molecule has 178 valence electrons. The molecular weight excluding hydrogens is 432 g/mol. The molecule has 1 amide bonds. The molecule has 0 aliphatic carbocycles. The number of anilines is 1. The van der Waals surface area contributed by atoms with E-state index < -0.39 is 8.32 Å². The van der Waals surface area contributed by atoms with Gasteiger partial charge in [0.25, 0.3) is 5.91 Å². The van der Waals surface area contributed by atoms with Gasteiger partial charge in [-0.25, -0.2) is 0 Å². The van der Waals surface area contributed by atoms with Gasteiger partial charge in [-0.2, -0.15) is 0 Å². The van der Waals surface area contributed by atoms with Gasteiger partial charge in [-0.3, -0.25) is 4.79 Å². The van der Waals surface area contributed by atoms with Gasteiger partial charge >= 0.3 is 0 Å². The normalized spacial score (nSPS) is 20.5. The second kappa shape index (κ2) is 9.03. The number of carbonyl (C=O) groups is 1. The van der Waals surface area contributed by atoms with Crippen LogP contribution in [0.25, 0.3) is 0 Å². The van der Waals surface area contributed by atoms with Gasteiger partial charge in [0.05, 0.1) is 30.5 Å². The summed E-state index contributed by atoms with van der Waals surface area (Å²) in [5.74, 6) is 1.21. The molecule has 0 unspecified atom stereocenters. The average molecular weight is 469 g/mol. The number of nitrogens with one attached hydrogen (secondary N) is 1. The monoisotopic (exact) mass is 468 g/mol. The average Bonchev–Trinajstić information content (AvgIpc) is 3.12. The summed E-state index contributed by atoms with van der Waals surface area (Å²) in [5, 5.41) is 3.63. The third kappa shape index (κ3) is 4.89. The Hall–Kier alpha value is -2.51. The van der Waals surface area contributed by atoms with Gasteiger partial charge in [-0.1, -0.05) is 51.1 Å². The van der Waals surface area contributed by atoms with Gasteiger partial charge in [0.2, 0.25) is 0 Å². The van der Waals surface area contributed by atoms with Crippen molar-refractivity contribution in [3.8, 4) is 11.5 Å². The van der Waals surface area contributed by atoms with Crippen molar-refractivity contribution in [2.45, 2.75) is 64.1 Å². The summed E-state index contributed by atoms with van der Waals surface area (Å²) >= 11 is 0. The van der Waals surface area contributed by atoms with E-state index in [9.17, 15) is 4.79 Å². The highest BCUT2D eigenvalue weighted by Crippen LogP contribution is 2.41. The van der Waals surface area contributed by atoms with Gasteiger partial charge in [0.15, 0.2) is 19.8 Å². The van der Waals surface area contributed by atoms with Crippen LogP contribution in [0.2, 0.25) is 18.1 Å². The maximum atomic E-state index is 13.5. The van der Waals surface area contributed by atoms with Crippen LogP contribution in [-0.4, -0.2) is 51.5 Å². The first-order chi connectivity index (χ1) is 15.6. The van der Waals surface area contributed by atoms with Crippen molar-refractivity contribution >= 4 is 19.9 Å². The molecule has 0 saturated carbocycles. The Bertz CT molecular complexity index is 1000. The molecule has 33 heavy (non-hydrogen) atoms. The van der Waals surface area contributed by atoms with Crippen LogP contribution in [0.15, 0.2) is 42.5 Å². The van der Waals surface area contributed by atoms with Gasteiger partial charge in [0, 0.05) is 19.2 Å². The van der Waals surface area contributed by atoms with Crippen LogP contribution in [0, 0.1) is 0 Å². The largest absolute Gasteiger partial charge is 0.493 e. The van der Waals surface area contributed by atoms with Gasteiger partial charge in [-0.15, -0.1) is 0 Å². The van der Waals surface area contributed by atoms with Crippen LogP contribution < -0.4 is 14.8 Å². The fourth-order valence-corrected chi connectivity index (χ4v) is 5.63. The first-order valence-electron chi connectivity index (χ1n) is 11.7. The molecular formula is C26H36N2O4Si. The molecule has 7 heteroatoms. The van der Waals surface area contributed by atoms with Gasteiger partial charge < -0.3 is 24.1 Å². The summed E-state index contributed by atoms with van der Waals surface area (Å²) in [5.41, 5.74) is 2.49. The first kappa shape index (κ1) is 23.6. The van der Waals surface area contributed by atoms with Crippen molar-refractivity contribution < 1.29 is 18.7 Å². The topological polar surface area (TPSA) is 60.0 Å². The van der Waals surface area contributed by atoms with Crippen LogP contribution in [0.4, 0.5) is 5.69 Å². The maximum absolute atomic E-state index is 13.5. The molecule has 2 atom stereocenters. The van der Waals surface area contributed by atoms with Crippen LogP contribution in [-0.2, 0) is 11.0 Å². The Morgan fingerprint density at radius 2 is 1.85 bits per heavy atom. The van der Waals surface area contributed by atoms with Crippen molar-refractivity contribution in [1.82, 2.24) is 4.90 Å². The summed E-state index contributed by atoms with van der Waals surface area (Å²) in [6.07, 6.45) is 0.937. The van der Waals surface area contributed by atoms with E-state index in [1.165, 1.54) is 0 Å². The molecule has 0 bridgehead atoms. The number of benzene rings is 2. The quantitative estimate of drug-likeness (QED) is 0.583. The van der Waals surface area contributed by atoms with Gasteiger partial charge in [-0.05, 0) is 36.2 Å². The second-order valence-electron chi connectivity index (χ2n) is 10.6. The van der Waals surface area contributed by atoms with Crippen LogP contribution >= 0.6 is 0 Å². The second-order valence-corrected chi connectivity index (χ2v) is 15.3. The fraction of sp³-hybridized carbons (Fsp3) is 0.500. The summed E-state index contributed by atoms with van der Waals surface area (Å²) in [6, 6.07) is 13.8. The molecule has 2 heterocycles. The maximum Gasteiger partial charge on any atom is 0.256 e. The third-order valence-corrected chi connectivity index (χ3v) is 11.7. The van der Waals surface area contributed by atoms with Crippen molar-refractivity contribution in [2.75, 3.05) is 25.5 Å². The van der Waals surface area contributed by atoms with Crippen molar-refractivity contribution in [1.29, 1.82) is 0 Å². The predicted molar refractivity (Wildman–Crippen MR) is 134 cm³/mol. The number of hydrogen-bond donors (Lipinski definition) is 1. The van der Waals surface area contributed by atoms with E-state index >= 15 is 0 Å². The number of fused-ring (bicyclic) bond motifs is 2. The lowest BCUT2D eigenvalue weighted by atomic mass is 10.1. The molecule has 2 aromatic carbocycles. The van der Waals surface area contributed by atoms with E-state index in [1.54, 1.807) is 13.2 Å². The summed E-state index contributed by atoms with van der Waals surface area (Å²) < 4.78 is 18.3. The number of amides is 1. The zero-order valence-corrected chi connectivity index (χ0v) is 21.6. The molecule has 4 rings (SSSR count). The Morgan fingerprint density at radius 1 is 1.12 bits per heavy atom. The summed E-state index contributed by atoms with van der Waals surface area (Å²) in [7, 11) is -0.290. The van der Waals surface area contributed by atoms with Crippen molar-refractivity contribution in [3.05, 3.63) is 53.6 Å². The smallest absolute Gasteiger partial charge is 0.256 e. The van der Waals surface area contributed by atoms with Crippen LogP contribution in [0.5, 0.6) is 11.5 Å². The minimum Gasteiger partial charge on any atom is -0.493 e. The van der Waals surface area contributed by atoms with Gasteiger partial charge in [0.1, 0.15) is 6.61 Å². The van der Waals surface area contributed by atoms with E-state index in [-0.39, 0.29) is 23.1 Å². The molecule has 2 aliphatic heterocycles. The number of carbonyl (C=O) groups excluding carboxylic acids is 1. The van der Waals surface area contributed by atoms with Crippen LogP contribution in [0.3, 0.4) is 0 Å². The van der Waals surface area contributed by atoms with E-state index in [2.05, 4.69) is 39.2 Å². The molecule has 0 aromatic heterocycles. The molecule has 2 aromatic rings. The van der Waals surface area contributed by atoms with Crippen molar-refractivity contribution in [2.24, 2.45) is 0 Å². The Balaban J connectivity index is 1.52. The summed E-state index contributed by atoms with van der Waals surface area (Å²) in [6.45, 7) is 13.1. The zero-order chi connectivity index (χ0) is 23.8. The lowest BCUT2D eigenvalue weighted by molar-refractivity contribution is 0.0731. The predicted octanol–water partition coefficient (Wildman–Crippen LogP) is 5.30. The minimum absolute atomic E-state index is 0.0224. The molecule has 1 N–H and O–H groups in total. The number of hydrogen-bond acceptors (Lipinski definition) is 5. The Kier molecular flexibility index (Phi) is 6.47. The van der Waals surface area contributed by atoms with E-state index in [0.717, 1.165) is 17.7 Å². The SMILES string of the molecule is COc1cc2c(cc1OCc1ccccc1)NC[C@@H]1C[C@H](O[Si](C)(C)C(C)(C)C)CN1C2=O. The molecule has 1 fully saturated rings. The fourth-order valence-electron chi connectivity index (χ4n) is 4.27. The van der Waals surface area contributed by atoms with E-state index in [4.69, 9.17) is 13.9 Å². The standard InChI is InChI=1S/C26H36N2O4Si/c1-26(2,3)33(5,6)32-20-12-19-15-27-22-14-24(31-17-18-10-8-7-9-11-18)23(30-4)13-21(22)25(29)28(19)16-20/h7-11,13-14,19-20,27H,12,15-17H2,1-6H3/t19-,20-/m0/s1. The van der Waals surface area contributed by atoms with E-state index in [0.29, 0.717) is 36.8 Å². The number of nitrogens with zero attached hydrogens (tertiary/aromatic N) is 1. The highest BCUT2D eigenvalue weighted by atomic mass is 28.4. The minimum atomic E-state index is -1.89. The molecule has 1 saturated heterocycles. The summed E-state index contributed by atoms with van der Waals surface area (Å²) in [4.78, 5) is 15.5. The number of methoxy groups -OCH3 is 1. The Labute approximate surface area is 198 Å². The lowest BCUT2D eigenvalue weighted by Gasteiger charge is -2.38.